The molecular formula is C9H19N5O. The van der Waals surface area contributed by atoms with Crippen molar-refractivity contribution in [2.75, 3.05) is 13.1 Å². The van der Waals surface area contributed by atoms with Crippen molar-refractivity contribution in [3.05, 3.63) is 0 Å². The van der Waals surface area contributed by atoms with Crippen molar-refractivity contribution in [2.24, 2.45) is 5.73 Å². The predicted octanol–water partition coefficient (Wildman–Crippen LogP) is -0.974. The summed E-state index contributed by atoms with van der Waals surface area (Å²) >= 11 is 0. The van der Waals surface area contributed by atoms with Crippen LogP contribution in [0.2, 0.25) is 0 Å². The number of aldehydes is 1. The van der Waals surface area contributed by atoms with Crippen LogP contribution in [0.5, 0.6) is 0 Å². The summed E-state index contributed by atoms with van der Waals surface area (Å²) in [6, 6.07) is -0.00708. The maximum atomic E-state index is 10.8. The molecule has 0 aromatic rings. The third kappa shape index (κ3) is 3.49. The number of rotatable bonds is 4. The lowest BCUT2D eigenvalue weighted by Crippen LogP contribution is -2.57. The lowest BCUT2D eigenvalue weighted by atomic mass is 10.1. The number of nitrogens with two attached hydrogens (primary N) is 1. The maximum Gasteiger partial charge on any atom is 0.200 e. The first-order valence-electron chi connectivity index (χ1n) is 5.20. The van der Waals surface area contributed by atoms with Crippen LogP contribution in [-0.2, 0) is 4.79 Å². The minimum absolute atomic E-state index is 0.123. The van der Waals surface area contributed by atoms with E-state index in [1.54, 1.807) is 11.9 Å². The van der Waals surface area contributed by atoms with E-state index in [1.165, 1.54) is 0 Å². The van der Waals surface area contributed by atoms with Gasteiger partial charge in [-0.2, -0.15) is 0 Å². The summed E-state index contributed by atoms with van der Waals surface area (Å²) in [6.07, 6.45) is 2.77. The van der Waals surface area contributed by atoms with Gasteiger partial charge in [0.25, 0.3) is 0 Å². The number of nitrogens with one attached hydrogen (secondary N) is 3. The van der Waals surface area contributed by atoms with Gasteiger partial charge in [0.15, 0.2) is 0 Å². The molecule has 6 nitrogen and oxygen atoms in total. The Bertz CT molecular complexity index is 227. The molecule has 0 aromatic carbocycles. The molecule has 0 aliphatic carbocycles. The number of carbonyl (C=O) groups is 1. The Morgan fingerprint density at radius 3 is 2.73 bits per heavy atom. The van der Waals surface area contributed by atoms with Gasteiger partial charge in [-0.1, -0.05) is 0 Å². The molecular weight excluding hydrogens is 194 g/mol. The molecule has 0 radical (unpaired) electrons. The summed E-state index contributed by atoms with van der Waals surface area (Å²) in [5.74, 6) is -0.123. The SMILES string of the molecule is C[C@@H](C=O)N(NC(=N)N)C1CCNCC1. The van der Waals surface area contributed by atoms with Crippen molar-refractivity contribution in [3.8, 4) is 0 Å². The lowest BCUT2D eigenvalue weighted by Gasteiger charge is -2.36. The topological polar surface area (TPSA) is 94.2 Å². The Morgan fingerprint density at radius 1 is 1.67 bits per heavy atom. The van der Waals surface area contributed by atoms with E-state index in [1.807, 2.05) is 0 Å². The van der Waals surface area contributed by atoms with Crippen LogP contribution in [0, 0.1) is 5.41 Å². The molecule has 5 N–H and O–H groups in total. The van der Waals surface area contributed by atoms with Crippen LogP contribution >= 0.6 is 0 Å². The molecule has 0 spiro atoms. The first-order valence-corrected chi connectivity index (χ1v) is 5.20. The van der Waals surface area contributed by atoms with E-state index in [-0.39, 0.29) is 18.0 Å². The van der Waals surface area contributed by atoms with Crippen LogP contribution < -0.4 is 16.5 Å². The number of carbonyl (C=O) groups excluding carboxylic acids is 1. The fourth-order valence-corrected chi connectivity index (χ4v) is 1.82. The normalized spacial score (nSPS) is 19.9. The number of hydrogen-bond donors (Lipinski definition) is 4. The van der Waals surface area contributed by atoms with Crippen LogP contribution in [0.15, 0.2) is 0 Å². The van der Waals surface area contributed by atoms with Gasteiger partial charge in [0.05, 0.1) is 6.04 Å². The van der Waals surface area contributed by atoms with Gasteiger partial charge in [-0.15, -0.1) is 0 Å². The van der Waals surface area contributed by atoms with Crippen LogP contribution in [-0.4, -0.2) is 42.4 Å². The van der Waals surface area contributed by atoms with Crippen molar-refractivity contribution < 1.29 is 4.79 Å². The highest BCUT2D eigenvalue weighted by Crippen LogP contribution is 2.11. The molecule has 15 heavy (non-hydrogen) atoms. The molecule has 0 amide bonds. The average molecular weight is 213 g/mol. The second kappa shape index (κ2) is 5.67. The number of hydrazine groups is 1. The van der Waals surface area contributed by atoms with Crippen LogP contribution in [0.4, 0.5) is 0 Å². The molecule has 1 aliphatic rings. The van der Waals surface area contributed by atoms with Crippen molar-refractivity contribution in [1.82, 2.24) is 15.8 Å². The first kappa shape index (κ1) is 11.9. The van der Waals surface area contributed by atoms with Gasteiger partial charge in [-0.3, -0.25) is 10.8 Å². The smallest absolute Gasteiger partial charge is 0.200 e. The molecule has 1 heterocycles. The Labute approximate surface area is 89.7 Å². The molecule has 0 saturated carbocycles. The highest BCUT2D eigenvalue weighted by atomic mass is 16.1. The molecule has 1 atom stereocenters. The van der Waals surface area contributed by atoms with Gasteiger partial charge < -0.3 is 15.8 Å². The fourth-order valence-electron chi connectivity index (χ4n) is 1.82. The Balaban J connectivity index is 2.60. The van der Waals surface area contributed by atoms with E-state index in [2.05, 4.69) is 10.7 Å². The standard InChI is InChI=1S/C9H19N5O/c1-7(6-15)14(13-9(10)11)8-2-4-12-5-3-8/h6-8,12H,2-5H2,1H3,(H4,10,11,13)/t7-/m0/s1. The molecule has 6 heteroatoms. The minimum Gasteiger partial charge on any atom is -0.369 e. The zero-order chi connectivity index (χ0) is 11.3. The predicted molar refractivity (Wildman–Crippen MR) is 58.3 cm³/mol. The maximum absolute atomic E-state index is 10.8. The number of piperidine rings is 1. The molecule has 1 saturated heterocycles. The average Bonchev–Trinajstić information content (AvgIpc) is 2.26. The quantitative estimate of drug-likeness (QED) is 0.208. The van der Waals surface area contributed by atoms with Crippen LogP contribution in [0.25, 0.3) is 0 Å². The third-order valence-electron chi connectivity index (χ3n) is 2.59. The van der Waals surface area contributed by atoms with Crippen molar-refractivity contribution in [1.29, 1.82) is 5.41 Å². The second-order valence-electron chi connectivity index (χ2n) is 3.79. The van der Waals surface area contributed by atoms with E-state index >= 15 is 0 Å². The monoisotopic (exact) mass is 213 g/mol. The number of nitrogens with zero attached hydrogens (tertiary/aromatic N) is 1. The van der Waals surface area contributed by atoms with Gasteiger partial charge in [-0.05, 0) is 32.9 Å². The summed E-state index contributed by atoms with van der Waals surface area (Å²) in [5.41, 5.74) is 8.03. The summed E-state index contributed by atoms with van der Waals surface area (Å²) in [4.78, 5) is 10.8. The lowest BCUT2D eigenvalue weighted by molar-refractivity contribution is -0.113. The molecule has 0 bridgehead atoms. The number of hydrogen-bond acceptors (Lipinski definition) is 4. The fraction of sp³-hybridized carbons (Fsp3) is 0.778. The van der Waals surface area contributed by atoms with Gasteiger partial charge >= 0.3 is 0 Å². The van der Waals surface area contributed by atoms with Crippen LogP contribution in [0.3, 0.4) is 0 Å². The van der Waals surface area contributed by atoms with E-state index in [0.717, 1.165) is 32.2 Å². The second-order valence-corrected chi connectivity index (χ2v) is 3.79. The molecule has 1 aliphatic heterocycles. The van der Waals surface area contributed by atoms with Gasteiger partial charge in [0.2, 0.25) is 5.96 Å². The summed E-state index contributed by atoms with van der Waals surface area (Å²) in [7, 11) is 0. The zero-order valence-electron chi connectivity index (χ0n) is 8.99. The molecule has 0 aromatic heterocycles. The minimum atomic E-state index is -0.267. The largest absolute Gasteiger partial charge is 0.369 e. The Hall–Kier alpha value is -1.14. The third-order valence-corrected chi connectivity index (χ3v) is 2.59. The molecule has 1 rings (SSSR count). The van der Waals surface area contributed by atoms with Gasteiger partial charge in [-0.25, -0.2) is 5.01 Å². The summed E-state index contributed by atoms with van der Waals surface area (Å²) in [6.45, 7) is 3.67. The Kier molecular flexibility index (Phi) is 4.51. The highest BCUT2D eigenvalue weighted by Gasteiger charge is 2.25. The van der Waals surface area contributed by atoms with Gasteiger partial charge in [0, 0.05) is 6.04 Å². The molecule has 86 valence electrons. The summed E-state index contributed by atoms with van der Waals surface area (Å²) < 4.78 is 0. The van der Waals surface area contributed by atoms with Gasteiger partial charge in [0.1, 0.15) is 6.29 Å². The van der Waals surface area contributed by atoms with Crippen molar-refractivity contribution in [3.63, 3.8) is 0 Å². The Morgan fingerprint density at radius 2 is 2.27 bits per heavy atom. The zero-order valence-corrected chi connectivity index (χ0v) is 8.99. The van der Waals surface area contributed by atoms with E-state index < -0.39 is 0 Å². The highest BCUT2D eigenvalue weighted by molar-refractivity contribution is 5.74. The molecule has 0 unspecified atom stereocenters. The summed E-state index contributed by atoms with van der Waals surface area (Å²) in [5, 5.41) is 12.2. The van der Waals surface area contributed by atoms with Crippen LogP contribution in [0.1, 0.15) is 19.8 Å². The van der Waals surface area contributed by atoms with Crippen molar-refractivity contribution >= 4 is 12.2 Å². The molecule has 1 fully saturated rings. The number of guanidine groups is 1. The van der Waals surface area contributed by atoms with Crippen molar-refractivity contribution in [2.45, 2.75) is 31.8 Å². The first-order chi connectivity index (χ1) is 7.15. The van der Waals surface area contributed by atoms with E-state index in [9.17, 15) is 4.79 Å². The van der Waals surface area contributed by atoms with E-state index in [4.69, 9.17) is 11.1 Å². The van der Waals surface area contributed by atoms with E-state index in [0.29, 0.717) is 0 Å².